The molecule has 2 nitrogen and oxygen atoms in total. The second-order valence-electron chi connectivity index (χ2n) is 2.96. The van der Waals surface area contributed by atoms with Crippen LogP contribution in [0.3, 0.4) is 0 Å². The first-order valence-electron chi connectivity index (χ1n) is 4.06. The van der Waals surface area contributed by atoms with Crippen LogP contribution in [0.2, 0.25) is 15.1 Å². The van der Waals surface area contributed by atoms with E-state index in [4.69, 9.17) is 44.3 Å². The zero-order valence-electron chi connectivity index (χ0n) is 7.10. The Labute approximate surface area is 96.7 Å². The van der Waals surface area contributed by atoms with Gasteiger partial charge in [0.1, 0.15) is 12.7 Å². The molecule has 0 N–H and O–H groups in total. The Kier molecular flexibility index (Phi) is 3.07. The van der Waals surface area contributed by atoms with Gasteiger partial charge in [0.05, 0.1) is 16.7 Å². The van der Waals surface area contributed by atoms with Crippen molar-refractivity contribution in [3.8, 4) is 5.75 Å². The van der Waals surface area contributed by atoms with E-state index in [0.29, 0.717) is 27.4 Å². The summed E-state index contributed by atoms with van der Waals surface area (Å²) in [5.41, 5.74) is 0. The van der Waals surface area contributed by atoms with Crippen LogP contribution in [0.4, 0.5) is 0 Å². The van der Waals surface area contributed by atoms with Crippen LogP contribution >= 0.6 is 34.8 Å². The van der Waals surface area contributed by atoms with Gasteiger partial charge in [0.25, 0.3) is 0 Å². The van der Waals surface area contributed by atoms with E-state index in [1.54, 1.807) is 12.1 Å². The highest BCUT2D eigenvalue weighted by Gasteiger charge is 2.24. The molecule has 1 unspecified atom stereocenters. The number of hydrogen-bond acceptors (Lipinski definition) is 2. The number of hydrogen-bond donors (Lipinski definition) is 0. The number of rotatable bonds is 3. The Hall–Kier alpha value is -0.150. The number of benzene rings is 1. The molecule has 1 aromatic rings. The minimum atomic E-state index is 0.179. The van der Waals surface area contributed by atoms with Crippen LogP contribution in [0, 0.1) is 0 Å². The molecule has 0 radical (unpaired) electrons. The van der Waals surface area contributed by atoms with Crippen LogP contribution in [0.15, 0.2) is 12.1 Å². The summed E-state index contributed by atoms with van der Waals surface area (Å²) < 4.78 is 10.4. The van der Waals surface area contributed by atoms with E-state index < -0.39 is 0 Å². The lowest BCUT2D eigenvalue weighted by Crippen LogP contribution is -2.04. The summed E-state index contributed by atoms with van der Waals surface area (Å²) in [5.74, 6) is 0.466. The van der Waals surface area contributed by atoms with Crippen molar-refractivity contribution in [3.05, 3.63) is 27.2 Å². The van der Waals surface area contributed by atoms with Crippen LogP contribution in [-0.4, -0.2) is 19.3 Å². The predicted octanol–water partition coefficient (Wildman–Crippen LogP) is 3.42. The lowest BCUT2D eigenvalue weighted by atomic mass is 10.3. The van der Waals surface area contributed by atoms with Gasteiger partial charge in [-0.25, -0.2) is 0 Å². The Morgan fingerprint density at radius 1 is 1.29 bits per heavy atom. The molecule has 0 aliphatic carbocycles. The van der Waals surface area contributed by atoms with Gasteiger partial charge in [-0.1, -0.05) is 34.8 Å². The van der Waals surface area contributed by atoms with Gasteiger partial charge >= 0.3 is 0 Å². The van der Waals surface area contributed by atoms with E-state index in [2.05, 4.69) is 0 Å². The summed E-state index contributed by atoms with van der Waals surface area (Å²) in [6.45, 7) is 1.21. The Bertz CT molecular complexity index is 327. The van der Waals surface area contributed by atoms with Crippen LogP contribution in [-0.2, 0) is 4.74 Å². The molecule has 0 saturated carbocycles. The first kappa shape index (κ1) is 10.4. The summed E-state index contributed by atoms with van der Waals surface area (Å²) in [6.07, 6.45) is 0.179. The second kappa shape index (κ2) is 4.15. The van der Waals surface area contributed by atoms with Gasteiger partial charge in [-0.3, -0.25) is 0 Å². The zero-order valence-corrected chi connectivity index (χ0v) is 9.36. The van der Waals surface area contributed by atoms with Crippen LogP contribution in [0.5, 0.6) is 5.75 Å². The first-order chi connectivity index (χ1) is 6.66. The van der Waals surface area contributed by atoms with Gasteiger partial charge in [-0.15, -0.1) is 0 Å². The van der Waals surface area contributed by atoms with E-state index in [0.717, 1.165) is 6.61 Å². The summed E-state index contributed by atoms with van der Waals surface area (Å²) in [4.78, 5) is 0. The van der Waals surface area contributed by atoms with Gasteiger partial charge in [0.15, 0.2) is 5.75 Å². The maximum Gasteiger partial charge on any atom is 0.156 e. The third kappa shape index (κ3) is 2.45. The molecule has 1 aromatic carbocycles. The predicted molar refractivity (Wildman–Crippen MR) is 56.7 cm³/mol. The average molecular weight is 254 g/mol. The van der Waals surface area contributed by atoms with Crippen LogP contribution in [0.1, 0.15) is 0 Å². The molecule has 1 atom stereocenters. The van der Waals surface area contributed by atoms with E-state index in [-0.39, 0.29) is 6.10 Å². The fraction of sp³-hybridized carbons (Fsp3) is 0.333. The smallest absolute Gasteiger partial charge is 0.156 e. The maximum atomic E-state index is 5.90. The normalized spacial score (nSPS) is 19.5. The molecular formula is C9H7Cl3O2. The fourth-order valence-corrected chi connectivity index (χ4v) is 1.93. The van der Waals surface area contributed by atoms with Crippen molar-refractivity contribution in [2.75, 3.05) is 13.2 Å². The van der Waals surface area contributed by atoms with Crippen molar-refractivity contribution < 1.29 is 9.47 Å². The largest absolute Gasteiger partial charge is 0.488 e. The van der Waals surface area contributed by atoms with Gasteiger partial charge in [0, 0.05) is 5.02 Å². The number of epoxide rings is 1. The minimum absolute atomic E-state index is 0.179. The summed E-state index contributed by atoms with van der Waals surface area (Å²) in [5, 5.41) is 1.33. The monoisotopic (exact) mass is 252 g/mol. The van der Waals surface area contributed by atoms with Gasteiger partial charge < -0.3 is 9.47 Å². The number of ether oxygens (including phenoxy) is 2. The quantitative estimate of drug-likeness (QED) is 0.770. The Morgan fingerprint density at radius 3 is 2.36 bits per heavy atom. The third-order valence-corrected chi connectivity index (χ3v) is 2.56. The van der Waals surface area contributed by atoms with E-state index >= 15 is 0 Å². The lowest BCUT2D eigenvalue weighted by Gasteiger charge is -2.08. The molecule has 1 fully saturated rings. The highest BCUT2D eigenvalue weighted by atomic mass is 35.5. The molecule has 14 heavy (non-hydrogen) atoms. The van der Waals surface area contributed by atoms with Gasteiger partial charge in [-0.2, -0.15) is 0 Å². The van der Waals surface area contributed by atoms with Crippen molar-refractivity contribution in [2.45, 2.75) is 6.10 Å². The summed E-state index contributed by atoms with van der Waals surface area (Å²) >= 11 is 17.6. The molecule has 0 amide bonds. The highest BCUT2D eigenvalue weighted by Crippen LogP contribution is 2.36. The first-order valence-corrected chi connectivity index (χ1v) is 5.19. The molecule has 1 saturated heterocycles. The highest BCUT2D eigenvalue weighted by molar-refractivity contribution is 6.40. The standard InChI is InChI=1S/C9H7Cl3O2/c10-5-1-7(11)9(8(12)2-5)14-4-6-3-13-6/h1-2,6H,3-4H2. The Morgan fingerprint density at radius 2 is 1.86 bits per heavy atom. The fourth-order valence-electron chi connectivity index (χ4n) is 1.01. The average Bonchev–Trinajstić information content (AvgIpc) is 2.85. The van der Waals surface area contributed by atoms with Crippen molar-refractivity contribution in [2.24, 2.45) is 0 Å². The molecule has 5 heteroatoms. The minimum Gasteiger partial charge on any atom is -0.488 e. The van der Waals surface area contributed by atoms with Gasteiger partial charge in [-0.05, 0) is 12.1 Å². The molecule has 2 rings (SSSR count). The molecule has 0 aromatic heterocycles. The maximum absolute atomic E-state index is 5.90. The molecular weight excluding hydrogens is 246 g/mol. The van der Waals surface area contributed by atoms with Crippen molar-refractivity contribution in [1.82, 2.24) is 0 Å². The van der Waals surface area contributed by atoms with Gasteiger partial charge in [0.2, 0.25) is 0 Å². The van der Waals surface area contributed by atoms with Crippen LogP contribution < -0.4 is 4.74 Å². The molecule has 76 valence electrons. The lowest BCUT2D eigenvalue weighted by molar-refractivity contribution is 0.263. The second-order valence-corrected chi connectivity index (χ2v) is 4.22. The zero-order chi connectivity index (χ0) is 10.1. The Balaban J connectivity index is 2.13. The molecule has 1 aliphatic heterocycles. The van der Waals surface area contributed by atoms with Crippen molar-refractivity contribution in [1.29, 1.82) is 0 Å². The topological polar surface area (TPSA) is 21.8 Å². The van der Waals surface area contributed by atoms with E-state index in [1.807, 2.05) is 0 Å². The van der Waals surface area contributed by atoms with Crippen molar-refractivity contribution >= 4 is 34.8 Å². The molecule has 0 bridgehead atoms. The summed E-state index contributed by atoms with van der Waals surface area (Å²) in [6, 6.07) is 3.19. The van der Waals surface area contributed by atoms with E-state index in [1.165, 1.54) is 0 Å². The van der Waals surface area contributed by atoms with E-state index in [9.17, 15) is 0 Å². The third-order valence-electron chi connectivity index (χ3n) is 1.78. The molecule has 1 heterocycles. The van der Waals surface area contributed by atoms with Crippen molar-refractivity contribution in [3.63, 3.8) is 0 Å². The van der Waals surface area contributed by atoms with Crippen LogP contribution in [0.25, 0.3) is 0 Å². The molecule has 1 aliphatic rings. The summed E-state index contributed by atoms with van der Waals surface area (Å²) in [7, 11) is 0. The number of halogens is 3. The molecule has 0 spiro atoms. The SMILES string of the molecule is Clc1cc(Cl)c(OCC2CO2)c(Cl)c1.